The van der Waals surface area contributed by atoms with Gasteiger partial charge in [0, 0.05) is 22.4 Å². The highest BCUT2D eigenvalue weighted by Gasteiger charge is 2.50. The molecule has 1 amide bonds. The van der Waals surface area contributed by atoms with Crippen molar-refractivity contribution in [1.29, 1.82) is 5.26 Å². The van der Waals surface area contributed by atoms with Gasteiger partial charge in [-0.3, -0.25) is 9.69 Å². The van der Waals surface area contributed by atoms with E-state index < -0.39 is 5.54 Å². The molecule has 1 aromatic heterocycles. The smallest absolute Gasteiger partial charge is 0.261 e. The highest BCUT2D eigenvalue weighted by Crippen LogP contribution is 2.47. The monoisotopic (exact) mass is 336 g/mol. The Hall–Kier alpha value is -2.65. The SMILES string of the molecule is CN1C(=O)[C@@]2(CCCc3sc(-c4cccc(C#N)c4)cc32)N=C1N. The second-order valence-corrected chi connectivity index (χ2v) is 7.32. The molecule has 6 heteroatoms. The van der Waals surface area contributed by atoms with Crippen LogP contribution in [0.1, 0.15) is 28.8 Å². The Labute approximate surface area is 144 Å². The second-order valence-electron chi connectivity index (χ2n) is 6.19. The summed E-state index contributed by atoms with van der Waals surface area (Å²) in [5.41, 5.74) is 7.67. The zero-order valence-electron chi connectivity index (χ0n) is 13.2. The maximum atomic E-state index is 12.8. The van der Waals surface area contributed by atoms with Gasteiger partial charge in [-0.25, -0.2) is 4.99 Å². The molecule has 1 aliphatic carbocycles. The average Bonchev–Trinajstić information content (AvgIpc) is 3.13. The minimum absolute atomic E-state index is 0.0453. The number of benzene rings is 1. The first-order valence-electron chi connectivity index (χ1n) is 7.82. The molecule has 120 valence electrons. The van der Waals surface area contributed by atoms with E-state index in [9.17, 15) is 4.79 Å². The van der Waals surface area contributed by atoms with Gasteiger partial charge in [0.05, 0.1) is 11.6 Å². The molecular weight excluding hydrogens is 320 g/mol. The minimum Gasteiger partial charge on any atom is -0.369 e. The lowest BCUT2D eigenvalue weighted by molar-refractivity contribution is -0.131. The number of aliphatic imine (C=N–C) groups is 1. The number of hydrogen-bond acceptors (Lipinski definition) is 5. The molecule has 4 rings (SSSR count). The van der Waals surface area contributed by atoms with Crippen LogP contribution in [-0.4, -0.2) is 23.8 Å². The fourth-order valence-electron chi connectivity index (χ4n) is 3.53. The predicted molar refractivity (Wildman–Crippen MR) is 93.5 cm³/mol. The summed E-state index contributed by atoms with van der Waals surface area (Å²) in [6.45, 7) is 0. The minimum atomic E-state index is -0.853. The zero-order valence-corrected chi connectivity index (χ0v) is 14.1. The summed E-state index contributed by atoms with van der Waals surface area (Å²) in [6, 6.07) is 11.8. The summed E-state index contributed by atoms with van der Waals surface area (Å²) >= 11 is 1.68. The molecule has 0 bridgehead atoms. The zero-order chi connectivity index (χ0) is 16.9. The number of fused-ring (bicyclic) bond motifs is 2. The first kappa shape index (κ1) is 14.9. The Balaban J connectivity index is 1.85. The molecule has 2 N–H and O–H groups in total. The van der Waals surface area contributed by atoms with Gasteiger partial charge in [-0.2, -0.15) is 5.26 Å². The van der Waals surface area contributed by atoms with Crippen molar-refractivity contribution in [2.24, 2.45) is 10.7 Å². The third kappa shape index (κ3) is 1.98. The Morgan fingerprint density at radius 2 is 2.25 bits per heavy atom. The average molecular weight is 336 g/mol. The Morgan fingerprint density at radius 3 is 2.96 bits per heavy atom. The topological polar surface area (TPSA) is 82.5 Å². The maximum absolute atomic E-state index is 12.8. The molecule has 0 saturated heterocycles. The maximum Gasteiger partial charge on any atom is 0.261 e. The van der Waals surface area contributed by atoms with Crippen molar-refractivity contribution in [3.63, 3.8) is 0 Å². The third-order valence-electron chi connectivity index (χ3n) is 4.78. The summed E-state index contributed by atoms with van der Waals surface area (Å²) in [6.07, 6.45) is 2.56. The predicted octanol–water partition coefficient (Wildman–Crippen LogP) is 2.61. The number of nitrogens with zero attached hydrogens (tertiary/aromatic N) is 3. The van der Waals surface area contributed by atoms with Crippen LogP contribution in [-0.2, 0) is 16.8 Å². The first-order valence-corrected chi connectivity index (χ1v) is 8.64. The molecule has 5 nitrogen and oxygen atoms in total. The van der Waals surface area contributed by atoms with Gasteiger partial charge < -0.3 is 5.73 Å². The van der Waals surface area contributed by atoms with Gasteiger partial charge in [-0.1, -0.05) is 12.1 Å². The van der Waals surface area contributed by atoms with Crippen molar-refractivity contribution in [2.45, 2.75) is 24.8 Å². The molecule has 1 spiro atoms. The molecule has 2 aliphatic rings. The fraction of sp³-hybridized carbons (Fsp3) is 0.278. The molecule has 1 aromatic carbocycles. The summed E-state index contributed by atoms with van der Waals surface area (Å²) in [4.78, 5) is 21.0. The van der Waals surface area contributed by atoms with E-state index in [4.69, 9.17) is 11.0 Å². The molecule has 24 heavy (non-hydrogen) atoms. The van der Waals surface area contributed by atoms with E-state index in [-0.39, 0.29) is 11.9 Å². The van der Waals surface area contributed by atoms with Crippen LogP contribution in [0.25, 0.3) is 10.4 Å². The molecule has 0 radical (unpaired) electrons. The van der Waals surface area contributed by atoms with Crippen LogP contribution in [0.15, 0.2) is 35.3 Å². The number of nitriles is 1. The van der Waals surface area contributed by atoms with Gasteiger partial charge in [-0.15, -0.1) is 11.3 Å². The van der Waals surface area contributed by atoms with E-state index in [1.165, 1.54) is 9.78 Å². The molecular formula is C18H16N4OS. The van der Waals surface area contributed by atoms with Gasteiger partial charge in [0.15, 0.2) is 11.5 Å². The van der Waals surface area contributed by atoms with E-state index in [0.29, 0.717) is 12.0 Å². The van der Waals surface area contributed by atoms with Crippen LogP contribution in [0.3, 0.4) is 0 Å². The molecule has 0 unspecified atom stereocenters. The number of hydrogen-bond donors (Lipinski definition) is 1. The lowest BCUT2D eigenvalue weighted by Crippen LogP contribution is -2.41. The van der Waals surface area contributed by atoms with Crippen molar-refractivity contribution < 1.29 is 4.79 Å². The third-order valence-corrected chi connectivity index (χ3v) is 6.02. The quantitative estimate of drug-likeness (QED) is 0.869. The van der Waals surface area contributed by atoms with E-state index >= 15 is 0 Å². The summed E-state index contributed by atoms with van der Waals surface area (Å²) < 4.78 is 0. The molecule has 2 heterocycles. The van der Waals surface area contributed by atoms with Crippen molar-refractivity contribution in [2.75, 3.05) is 7.05 Å². The van der Waals surface area contributed by atoms with Gasteiger partial charge >= 0.3 is 0 Å². The number of aryl methyl sites for hydroxylation is 1. The normalized spacial score (nSPS) is 22.4. The summed E-state index contributed by atoms with van der Waals surface area (Å²) in [5.74, 6) is 0.239. The number of carbonyl (C=O) groups is 1. The van der Waals surface area contributed by atoms with Crippen LogP contribution < -0.4 is 5.73 Å². The van der Waals surface area contributed by atoms with E-state index in [1.807, 2.05) is 18.2 Å². The van der Waals surface area contributed by atoms with Crippen molar-refractivity contribution in [1.82, 2.24) is 4.90 Å². The molecule has 1 atom stereocenters. The number of amides is 1. The Kier molecular flexibility index (Phi) is 3.22. The Bertz CT molecular complexity index is 923. The highest BCUT2D eigenvalue weighted by atomic mass is 32.1. The van der Waals surface area contributed by atoms with Crippen LogP contribution in [0, 0.1) is 11.3 Å². The van der Waals surface area contributed by atoms with Crippen molar-refractivity contribution >= 4 is 23.2 Å². The number of nitrogens with two attached hydrogens (primary N) is 1. The van der Waals surface area contributed by atoms with Gasteiger partial charge in [0.1, 0.15) is 0 Å². The van der Waals surface area contributed by atoms with E-state index in [0.717, 1.165) is 28.8 Å². The van der Waals surface area contributed by atoms with Gasteiger partial charge in [0.25, 0.3) is 5.91 Å². The van der Waals surface area contributed by atoms with E-state index in [1.54, 1.807) is 24.5 Å². The van der Waals surface area contributed by atoms with Crippen LogP contribution in [0.4, 0.5) is 0 Å². The molecule has 1 aliphatic heterocycles. The number of likely N-dealkylation sites (N-methyl/N-ethyl adjacent to an activating group) is 1. The van der Waals surface area contributed by atoms with Crippen LogP contribution >= 0.6 is 11.3 Å². The largest absolute Gasteiger partial charge is 0.369 e. The van der Waals surface area contributed by atoms with Crippen molar-refractivity contribution in [3.8, 4) is 16.5 Å². The lowest BCUT2D eigenvalue weighted by Gasteiger charge is -2.29. The van der Waals surface area contributed by atoms with Gasteiger partial charge in [-0.05, 0) is 43.0 Å². The number of guanidine groups is 1. The standard InChI is InChI=1S/C18H16N4OS/c1-22-16(23)18(21-17(22)20)7-3-6-14-13(18)9-15(24-14)12-5-2-4-11(8-12)10-19/h2,4-5,8-9H,3,6-7H2,1H3,(H2,20,21)/t18-/m0/s1. The number of carbonyl (C=O) groups excluding carboxylic acids is 1. The molecule has 0 fully saturated rings. The first-order chi connectivity index (χ1) is 11.5. The summed E-state index contributed by atoms with van der Waals surface area (Å²) in [7, 11) is 1.67. The second kappa shape index (κ2) is 5.18. The van der Waals surface area contributed by atoms with Crippen LogP contribution in [0.2, 0.25) is 0 Å². The number of rotatable bonds is 1. The fourth-order valence-corrected chi connectivity index (χ4v) is 4.80. The van der Waals surface area contributed by atoms with Crippen molar-refractivity contribution in [3.05, 3.63) is 46.3 Å². The van der Waals surface area contributed by atoms with Gasteiger partial charge in [0.2, 0.25) is 0 Å². The Morgan fingerprint density at radius 1 is 1.42 bits per heavy atom. The van der Waals surface area contributed by atoms with Crippen LogP contribution in [0.5, 0.6) is 0 Å². The molecule has 0 saturated carbocycles. The number of thiophene rings is 1. The summed E-state index contributed by atoms with van der Waals surface area (Å²) in [5, 5.41) is 9.10. The lowest BCUT2D eigenvalue weighted by atomic mass is 9.80. The molecule has 2 aromatic rings. The highest BCUT2D eigenvalue weighted by molar-refractivity contribution is 7.15. The van der Waals surface area contributed by atoms with E-state index in [2.05, 4.69) is 17.1 Å².